The van der Waals surface area contributed by atoms with E-state index in [-0.39, 0.29) is 0 Å². The third-order valence-electron chi connectivity index (χ3n) is 2.98. The molecular weight excluding hydrogens is 184 g/mol. The van der Waals surface area contributed by atoms with Crippen LogP contribution in [0.4, 0.5) is 0 Å². The number of rotatable bonds is 3. The van der Waals surface area contributed by atoms with Crippen LogP contribution in [0.2, 0.25) is 0 Å². The van der Waals surface area contributed by atoms with Gasteiger partial charge >= 0.3 is 0 Å². The molecule has 1 fully saturated rings. The Morgan fingerprint density at radius 1 is 1.33 bits per heavy atom. The Hall–Kier alpha value is -0.860. The average molecular weight is 204 g/mol. The fourth-order valence-corrected chi connectivity index (χ4v) is 2.31. The lowest BCUT2D eigenvalue weighted by Gasteiger charge is -2.18. The zero-order chi connectivity index (χ0) is 10.7. The second-order valence-corrected chi connectivity index (χ2v) is 4.59. The Kier molecular flexibility index (Phi) is 3.39. The van der Waals surface area contributed by atoms with E-state index in [1.807, 2.05) is 0 Å². The van der Waals surface area contributed by atoms with E-state index in [2.05, 4.69) is 48.6 Å². The Morgan fingerprint density at radius 3 is 2.80 bits per heavy atom. The molecule has 0 amide bonds. The van der Waals surface area contributed by atoms with Gasteiger partial charge in [0.2, 0.25) is 0 Å². The van der Waals surface area contributed by atoms with Crippen molar-refractivity contribution in [3.63, 3.8) is 0 Å². The Labute approximate surface area is 92.3 Å². The predicted molar refractivity (Wildman–Crippen MR) is 63.8 cm³/mol. The summed E-state index contributed by atoms with van der Waals surface area (Å²) in [6, 6.07) is 9.38. The topological polar surface area (TPSA) is 15.3 Å². The molecule has 15 heavy (non-hydrogen) atoms. The summed E-state index contributed by atoms with van der Waals surface area (Å²) in [4.78, 5) is 2.23. The molecule has 2 heteroatoms. The van der Waals surface area contributed by atoms with Crippen LogP contribution < -0.4 is 5.32 Å². The minimum Gasteiger partial charge on any atom is -0.310 e. The quantitative estimate of drug-likeness (QED) is 0.811. The predicted octanol–water partition coefficient (Wildman–Crippen LogP) is 2.17. The molecule has 0 radical (unpaired) electrons. The van der Waals surface area contributed by atoms with Gasteiger partial charge in [-0.25, -0.2) is 0 Å². The average Bonchev–Trinajstić information content (AvgIpc) is 2.70. The van der Waals surface area contributed by atoms with Crippen LogP contribution in [-0.4, -0.2) is 25.5 Å². The highest BCUT2D eigenvalue weighted by Gasteiger charge is 2.18. The summed E-state index contributed by atoms with van der Waals surface area (Å²) in [6.45, 7) is 2.20. The van der Waals surface area contributed by atoms with Gasteiger partial charge in [0.25, 0.3) is 0 Å². The summed E-state index contributed by atoms with van der Waals surface area (Å²) < 4.78 is 0. The standard InChI is InChI=1S/C13H20N2/c1-15(2)10-11-6-3-4-7-12(11)13-8-5-9-14-13/h3-4,6-7,13-14H,5,8-10H2,1-2H3/t13-/m1/s1. The lowest BCUT2D eigenvalue weighted by atomic mass is 9.99. The molecule has 1 aromatic carbocycles. The molecule has 2 rings (SSSR count). The van der Waals surface area contributed by atoms with Crippen LogP contribution in [-0.2, 0) is 6.54 Å². The van der Waals surface area contributed by atoms with E-state index in [1.54, 1.807) is 0 Å². The molecule has 1 aromatic rings. The van der Waals surface area contributed by atoms with Crippen molar-refractivity contribution < 1.29 is 0 Å². The van der Waals surface area contributed by atoms with E-state index >= 15 is 0 Å². The molecule has 1 aliphatic rings. The van der Waals surface area contributed by atoms with Crippen LogP contribution in [0.15, 0.2) is 24.3 Å². The van der Waals surface area contributed by atoms with Crippen molar-refractivity contribution in [1.82, 2.24) is 10.2 Å². The van der Waals surface area contributed by atoms with Crippen LogP contribution in [0.5, 0.6) is 0 Å². The van der Waals surface area contributed by atoms with Gasteiger partial charge in [-0.1, -0.05) is 24.3 Å². The second kappa shape index (κ2) is 4.77. The van der Waals surface area contributed by atoms with Crippen molar-refractivity contribution in [2.45, 2.75) is 25.4 Å². The van der Waals surface area contributed by atoms with E-state index in [0.717, 1.165) is 6.54 Å². The van der Waals surface area contributed by atoms with Gasteiger partial charge in [0.05, 0.1) is 0 Å². The van der Waals surface area contributed by atoms with E-state index in [1.165, 1.54) is 30.5 Å². The molecule has 0 aromatic heterocycles. The molecule has 0 bridgehead atoms. The van der Waals surface area contributed by atoms with Gasteiger partial charge in [-0.3, -0.25) is 0 Å². The SMILES string of the molecule is CN(C)Cc1ccccc1[C@H]1CCCN1. The molecule has 2 nitrogen and oxygen atoms in total. The molecule has 0 spiro atoms. The van der Waals surface area contributed by atoms with Gasteiger partial charge in [0.1, 0.15) is 0 Å². The fourth-order valence-electron chi connectivity index (χ4n) is 2.31. The largest absolute Gasteiger partial charge is 0.310 e. The molecule has 1 aliphatic heterocycles. The summed E-state index contributed by atoms with van der Waals surface area (Å²) >= 11 is 0. The Balaban J connectivity index is 2.20. The number of benzene rings is 1. The summed E-state index contributed by atoms with van der Waals surface area (Å²) in [6.07, 6.45) is 2.59. The number of nitrogens with one attached hydrogen (secondary N) is 1. The normalized spacial score (nSPS) is 21.1. The first-order valence-electron chi connectivity index (χ1n) is 5.73. The smallest absolute Gasteiger partial charge is 0.0323 e. The highest BCUT2D eigenvalue weighted by atomic mass is 15.0. The summed E-state index contributed by atoms with van der Waals surface area (Å²) in [5.74, 6) is 0. The number of nitrogens with zero attached hydrogens (tertiary/aromatic N) is 1. The van der Waals surface area contributed by atoms with Gasteiger partial charge in [0.15, 0.2) is 0 Å². The summed E-state index contributed by atoms with van der Waals surface area (Å²) in [5.41, 5.74) is 2.95. The van der Waals surface area contributed by atoms with Crippen LogP contribution >= 0.6 is 0 Å². The highest BCUT2D eigenvalue weighted by Crippen LogP contribution is 2.26. The molecule has 0 saturated carbocycles. The Bertz CT molecular complexity index is 314. The molecule has 1 heterocycles. The van der Waals surface area contributed by atoms with Gasteiger partial charge in [0, 0.05) is 12.6 Å². The van der Waals surface area contributed by atoms with E-state index in [0.29, 0.717) is 6.04 Å². The molecule has 1 N–H and O–H groups in total. The van der Waals surface area contributed by atoms with Crippen molar-refractivity contribution in [2.75, 3.05) is 20.6 Å². The summed E-state index contributed by atoms with van der Waals surface area (Å²) in [7, 11) is 4.25. The van der Waals surface area contributed by atoms with Crippen LogP contribution in [0.1, 0.15) is 30.0 Å². The van der Waals surface area contributed by atoms with Crippen molar-refractivity contribution in [3.05, 3.63) is 35.4 Å². The first kappa shape index (κ1) is 10.7. The molecule has 1 atom stereocenters. The summed E-state index contributed by atoms with van der Waals surface area (Å²) in [5, 5.41) is 3.57. The third kappa shape index (κ3) is 2.58. The molecule has 0 unspecified atom stereocenters. The van der Waals surface area contributed by atoms with Gasteiger partial charge in [-0.15, -0.1) is 0 Å². The number of hydrogen-bond acceptors (Lipinski definition) is 2. The third-order valence-corrected chi connectivity index (χ3v) is 2.98. The van der Waals surface area contributed by atoms with Crippen molar-refractivity contribution in [3.8, 4) is 0 Å². The van der Waals surface area contributed by atoms with Crippen LogP contribution in [0.3, 0.4) is 0 Å². The van der Waals surface area contributed by atoms with Crippen molar-refractivity contribution in [1.29, 1.82) is 0 Å². The minimum atomic E-state index is 0.584. The monoisotopic (exact) mass is 204 g/mol. The highest BCUT2D eigenvalue weighted by molar-refractivity contribution is 5.30. The maximum absolute atomic E-state index is 3.57. The van der Waals surface area contributed by atoms with Gasteiger partial charge in [-0.05, 0) is 44.6 Å². The molecular formula is C13H20N2. The maximum atomic E-state index is 3.57. The van der Waals surface area contributed by atoms with Crippen molar-refractivity contribution >= 4 is 0 Å². The zero-order valence-corrected chi connectivity index (χ0v) is 9.66. The minimum absolute atomic E-state index is 0.584. The van der Waals surface area contributed by atoms with Crippen molar-refractivity contribution in [2.24, 2.45) is 0 Å². The molecule has 82 valence electrons. The number of hydrogen-bond donors (Lipinski definition) is 1. The fraction of sp³-hybridized carbons (Fsp3) is 0.538. The van der Waals surface area contributed by atoms with Gasteiger partial charge < -0.3 is 10.2 Å². The van der Waals surface area contributed by atoms with E-state index in [9.17, 15) is 0 Å². The lowest BCUT2D eigenvalue weighted by molar-refractivity contribution is 0.399. The second-order valence-electron chi connectivity index (χ2n) is 4.59. The zero-order valence-electron chi connectivity index (χ0n) is 9.66. The maximum Gasteiger partial charge on any atom is 0.0323 e. The first-order chi connectivity index (χ1) is 7.27. The molecule has 0 aliphatic carbocycles. The van der Waals surface area contributed by atoms with E-state index in [4.69, 9.17) is 0 Å². The Morgan fingerprint density at radius 2 is 2.13 bits per heavy atom. The van der Waals surface area contributed by atoms with Gasteiger partial charge in [-0.2, -0.15) is 0 Å². The molecule has 1 saturated heterocycles. The van der Waals surface area contributed by atoms with Crippen LogP contribution in [0, 0.1) is 0 Å². The van der Waals surface area contributed by atoms with E-state index < -0.39 is 0 Å². The van der Waals surface area contributed by atoms with Crippen LogP contribution in [0.25, 0.3) is 0 Å². The first-order valence-corrected chi connectivity index (χ1v) is 5.73. The lowest BCUT2D eigenvalue weighted by Crippen LogP contribution is -2.18.